The third-order valence-electron chi connectivity index (χ3n) is 8.03. The van der Waals surface area contributed by atoms with Crippen molar-refractivity contribution < 1.29 is 23.8 Å². The number of anilines is 1. The first-order chi connectivity index (χ1) is 20.4. The normalized spacial score (nSPS) is 17.9. The van der Waals surface area contributed by atoms with E-state index in [2.05, 4.69) is 26.3 Å². The molecule has 6 rings (SSSR count). The predicted octanol–water partition coefficient (Wildman–Crippen LogP) is 4.39. The molecule has 216 valence electrons. The van der Waals surface area contributed by atoms with Crippen LogP contribution in [0.25, 0.3) is 11.0 Å². The number of carboxylic acid groups (broad SMARTS) is 1. The molecule has 42 heavy (non-hydrogen) atoms. The Morgan fingerprint density at radius 2 is 1.98 bits per heavy atom. The van der Waals surface area contributed by atoms with Gasteiger partial charge in [-0.05, 0) is 49.7 Å². The van der Waals surface area contributed by atoms with E-state index in [1.165, 1.54) is 6.07 Å². The van der Waals surface area contributed by atoms with E-state index in [0.717, 1.165) is 61.9 Å². The molecule has 1 N–H and O–H groups in total. The van der Waals surface area contributed by atoms with Crippen LogP contribution in [0.15, 0.2) is 54.6 Å². The average Bonchev–Trinajstić information content (AvgIpc) is 3.35. The Hall–Kier alpha value is -4.53. The monoisotopic (exact) mass is 570 g/mol. The summed E-state index contributed by atoms with van der Waals surface area (Å²) in [5.41, 5.74) is 2.46. The summed E-state index contributed by atoms with van der Waals surface area (Å²) in [6.07, 6.45) is 1.08. The molecule has 0 amide bonds. The van der Waals surface area contributed by atoms with Crippen molar-refractivity contribution in [2.24, 2.45) is 0 Å². The molecule has 0 bridgehead atoms. The van der Waals surface area contributed by atoms with E-state index in [1.807, 2.05) is 18.2 Å². The van der Waals surface area contributed by atoms with Crippen molar-refractivity contribution in [3.05, 3.63) is 82.9 Å². The molecule has 2 fully saturated rings. The van der Waals surface area contributed by atoms with Gasteiger partial charge in [0.05, 0.1) is 46.9 Å². The van der Waals surface area contributed by atoms with Crippen molar-refractivity contribution in [3.8, 4) is 11.9 Å². The lowest BCUT2D eigenvalue weighted by Crippen LogP contribution is -2.48. The topological polar surface area (TPSA) is 117 Å². The van der Waals surface area contributed by atoms with Crippen molar-refractivity contribution >= 4 is 22.8 Å². The quantitative estimate of drug-likeness (QED) is 0.313. The fourth-order valence-corrected chi connectivity index (χ4v) is 5.47. The van der Waals surface area contributed by atoms with Crippen molar-refractivity contribution in [1.82, 2.24) is 19.4 Å². The number of piperazine rings is 1. The van der Waals surface area contributed by atoms with Gasteiger partial charge in [-0.3, -0.25) is 4.90 Å². The van der Waals surface area contributed by atoms with Gasteiger partial charge in [0.25, 0.3) is 0 Å². The highest BCUT2D eigenvalue weighted by Crippen LogP contribution is 2.29. The Balaban J connectivity index is 1.13. The number of rotatable bonds is 9. The van der Waals surface area contributed by atoms with Gasteiger partial charge in [0.2, 0.25) is 5.88 Å². The van der Waals surface area contributed by atoms with Crippen LogP contribution in [-0.2, 0) is 17.9 Å². The Morgan fingerprint density at radius 3 is 2.67 bits per heavy atom. The Kier molecular flexibility index (Phi) is 7.73. The van der Waals surface area contributed by atoms with E-state index in [1.54, 1.807) is 36.4 Å². The molecule has 10 nitrogen and oxygen atoms in total. The van der Waals surface area contributed by atoms with E-state index >= 15 is 0 Å². The number of imidazole rings is 1. The number of nitriles is 1. The standard InChI is InChI=1S/C31H31FN6O4/c1-20(30-34-26-8-7-22(31(39)40)16-27(26)38(30)18-24-9-14-41-24)36-10-12-37(13-11-36)28-3-2-4-29(35-28)42-19-23-6-5-21(17-33)15-25(23)32/h2-8,15-16,20,24H,9-14,18-19H2,1H3,(H,39,40)/t20-,24+/m1/s1. The van der Waals surface area contributed by atoms with Gasteiger partial charge in [0.1, 0.15) is 24.1 Å². The molecule has 0 radical (unpaired) electrons. The van der Waals surface area contributed by atoms with E-state index in [4.69, 9.17) is 19.7 Å². The SMILES string of the molecule is C[C@H](c1nc2ccc(C(=O)O)cc2n1C[C@@H]1CCO1)N1CCN(c2cccc(OCc3ccc(C#N)cc3F)n2)CC1. The van der Waals surface area contributed by atoms with Crippen LogP contribution in [-0.4, -0.2) is 69.4 Å². The molecule has 2 saturated heterocycles. The lowest BCUT2D eigenvalue weighted by Gasteiger charge is -2.38. The number of hydrogen-bond donors (Lipinski definition) is 1. The van der Waals surface area contributed by atoms with Crippen LogP contribution in [0.1, 0.15) is 46.7 Å². The molecule has 2 aliphatic heterocycles. The number of hydrogen-bond acceptors (Lipinski definition) is 8. The van der Waals surface area contributed by atoms with Gasteiger partial charge >= 0.3 is 5.97 Å². The highest BCUT2D eigenvalue weighted by atomic mass is 19.1. The number of benzene rings is 2. The second-order valence-corrected chi connectivity index (χ2v) is 10.6. The number of halogens is 1. The maximum absolute atomic E-state index is 14.3. The maximum Gasteiger partial charge on any atom is 0.335 e. The van der Waals surface area contributed by atoms with Gasteiger partial charge < -0.3 is 24.0 Å². The maximum atomic E-state index is 14.3. The van der Waals surface area contributed by atoms with E-state index in [0.29, 0.717) is 18.0 Å². The molecule has 0 saturated carbocycles. The fraction of sp³-hybridized carbons (Fsp3) is 0.355. The average molecular weight is 571 g/mol. The second-order valence-electron chi connectivity index (χ2n) is 10.6. The summed E-state index contributed by atoms with van der Waals surface area (Å²) < 4.78 is 27.9. The molecule has 2 atom stereocenters. The van der Waals surface area contributed by atoms with E-state index in [9.17, 15) is 14.3 Å². The van der Waals surface area contributed by atoms with Crippen LogP contribution in [0, 0.1) is 17.1 Å². The minimum Gasteiger partial charge on any atom is -0.478 e. The zero-order valence-corrected chi connectivity index (χ0v) is 23.2. The smallest absolute Gasteiger partial charge is 0.335 e. The third-order valence-corrected chi connectivity index (χ3v) is 8.03. The van der Waals surface area contributed by atoms with Crippen molar-refractivity contribution in [2.75, 3.05) is 37.7 Å². The van der Waals surface area contributed by atoms with Crippen LogP contribution < -0.4 is 9.64 Å². The van der Waals surface area contributed by atoms with Crippen molar-refractivity contribution in [1.29, 1.82) is 5.26 Å². The number of carboxylic acids is 1. The molecular weight excluding hydrogens is 539 g/mol. The predicted molar refractivity (Wildman–Crippen MR) is 153 cm³/mol. The van der Waals surface area contributed by atoms with Gasteiger partial charge in [-0.2, -0.15) is 10.2 Å². The van der Waals surface area contributed by atoms with Crippen LogP contribution in [0.2, 0.25) is 0 Å². The van der Waals surface area contributed by atoms with E-state index in [-0.39, 0.29) is 29.9 Å². The minimum atomic E-state index is -0.959. The molecule has 11 heteroatoms. The van der Waals surface area contributed by atoms with Crippen LogP contribution in [0.5, 0.6) is 5.88 Å². The number of nitrogens with zero attached hydrogens (tertiary/aromatic N) is 6. The second kappa shape index (κ2) is 11.8. The summed E-state index contributed by atoms with van der Waals surface area (Å²) >= 11 is 0. The third kappa shape index (κ3) is 5.64. The number of fused-ring (bicyclic) bond motifs is 1. The van der Waals surface area contributed by atoms with Gasteiger partial charge in [-0.15, -0.1) is 0 Å². The zero-order chi connectivity index (χ0) is 29.2. The number of ether oxygens (including phenoxy) is 2. The zero-order valence-electron chi connectivity index (χ0n) is 23.2. The number of pyridine rings is 1. The first-order valence-electron chi connectivity index (χ1n) is 14.0. The summed E-state index contributed by atoms with van der Waals surface area (Å²) in [6.45, 7) is 6.61. The number of aromatic nitrogens is 3. The summed E-state index contributed by atoms with van der Waals surface area (Å²) in [6, 6.07) is 16.9. The summed E-state index contributed by atoms with van der Waals surface area (Å²) in [7, 11) is 0. The van der Waals surface area contributed by atoms with Crippen LogP contribution >= 0.6 is 0 Å². The summed E-state index contributed by atoms with van der Waals surface area (Å²) in [5, 5.41) is 18.5. The molecule has 2 aromatic heterocycles. The van der Waals surface area contributed by atoms with Crippen molar-refractivity contribution in [2.45, 2.75) is 38.6 Å². The molecule has 2 aliphatic rings. The molecular formula is C31H31FN6O4. The van der Waals surface area contributed by atoms with E-state index < -0.39 is 11.8 Å². The highest BCUT2D eigenvalue weighted by molar-refractivity contribution is 5.92. The fourth-order valence-electron chi connectivity index (χ4n) is 5.47. The highest BCUT2D eigenvalue weighted by Gasteiger charge is 2.29. The Morgan fingerprint density at radius 1 is 1.17 bits per heavy atom. The number of carbonyl (C=O) groups is 1. The first-order valence-corrected chi connectivity index (χ1v) is 14.0. The van der Waals surface area contributed by atoms with Crippen LogP contribution in [0.4, 0.5) is 10.2 Å². The lowest BCUT2D eigenvalue weighted by molar-refractivity contribution is -0.0594. The van der Waals surface area contributed by atoms with Gasteiger partial charge in [-0.1, -0.05) is 12.1 Å². The van der Waals surface area contributed by atoms with Gasteiger partial charge in [-0.25, -0.2) is 14.2 Å². The van der Waals surface area contributed by atoms with Gasteiger partial charge in [0, 0.05) is 44.4 Å². The number of aromatic carboxylic acids is 1. The molecule has 0 aliphatic carbocycles. The molecule has 0 spiro atoms. The molecule has 4 heterocycles. The lowest BCUT2D eigenvalue weighted by atomic mass is 10.1. The van der Waals surface area contributed by atoms with Gasteiger partial charge in [0.15, 0.2) is 0 Å². The summed E-state index contributed by atoms with van der Waals surface area (Å²) in [5.74, 6) is 0.654. The molecule has 4 aromatic rings. The Bertz CT molecular complexity index is 1660. The first kappa shape index (κ1) is 27.6. The van der Waals surface area contributed by atoms with Crippen LogP contribution in [0.3, 0.4) is 0 Å². The minimum absolute atomic E-state index is 0.0119. The molecule has 0 unspecified atom stereocenters. The Labute approximate surface area is 242 Å². The van der Waals surface area contributed by atoms with Crippen molar-refractivity contribution in [3.63, 3.8) is 0 Å². The molecule has 2 aromatic carbocycles. The summed E-state index contributed by atoms with van der Waals surface area (Å²) in [4.78, 5) is 25.8. The largest absolute Gasteiger partial charge is 0.478 e.